The molecule has 0 aromatic heterocycles. The molecule has 3 rings (SSSR count). The fraction of sp³-hybridized carbons (Fsp3) is 0.588. The van der Waals surface area contributed by atoms with E-state index in [0.717, 1.165) is 26.1 Å². The van der Waals surface area contributed by atoms with Crippen LogP contribution in [0.15, 0.2) is 24.3 Å². The smallest absolute Gasteiger partial charge is 0.227 e. The maximum atomic E-state index is 12.7. The SMILES string of the molecule is O=C(C1CNc2ccccc2C1)N1CCCCCCC1. The molecule has 108 valence electrons. The van der Waals surface area contributed by atoms with Gasteiger partial charge in [0.15, 0.2) is 0 Å². The summed E-state index contributed by atoms with van der Waals surface area (Å²) in [4.78, 5) is 14.8. The van der Waals surface area contributed by atoms with E-state index in [1.165, 1.54) is 43.4 Å². The number of nitrogens with zero attached hydrogens (tertiary/aromatic N) is 1. The molecule has 2 heterocycles. The quantitative estimate of drug-likeness (QED) is 0.852. The number of carbonyl (C=O) groups excluding carboxylic acids is 1. The molecule has 2 aliphatic rings. The molecule has 0 bridgehead atoms. The van der Waals surface area contributed by atoms with Gasteiger partial charge < -0.3 is 10.2 Å². The Morgan fingerprint density at radius 1 is 1.05 bits per heavy atom. The summed E-state index contributed by atoms with van der Waals surface area (Å²) >= 11 is 0. The summed E-state index contributed by atoms with van der Waals surface area (Å²) in [6.45, 7) is 2.69. The van der Waals surface area contributed by atoms with E-state index in [1.54, 1.807) is 0 Å². The number of hydrogen-bond acceptors (Lipinski definition) is 2. The van der Waals surface area contributed by atoms with Gasteiger partial charge in [-0.3, -0.25) is 4.79 Å². The number of para-hydroxylation sites is 1. The van der Waals surface area contributed by atoms with E-state index in [9.17, 15) is 4.79 Å². The second kappa shape index (κ2) is 6.29. The van der Waals surface area contributed by atoms with E-state index >= 15 is 0 Å². The van der Waals surface area contributed by atoms with Gasteiger partial charge in [0, 0.05) is 25.3 Å². The van der Waals surface area contributed by atoms with E-state index < -0.39 is 0 Å². The summed E-state index contributed by atoms with van der Waals surface area (Å²) in [5.41, 5.74) is 2.48. The highest BCUT2D eigenvalue weighted by Crippen LogP contribution is 2.26. The Kier molecular flexibility index (Phi) is 4.24. The Morgan fingerprint density at radius 2 is 1.75 bits per heavy atom. The first kappa shape index (κ1) is 13.5. The number of anilines is 1. The third-order valence-electron chi connectivity index (χ3n) is 4.54. The number of fused-ring (bicyclic) bond motifs is 1. The van der Waals surface area contributed by atoms with Crippen molar-refractivity contribution >= 4 is 11.6 Å². The van der Waals surface area contributed by atoms with Crippen LogP contribution < -0.4 is 5.32 Å². The molecular formula is C17H24N2O. The molecule has 0 radical (unpaired) electrons. The molecule has 1 aromatic rings. The van der Waals surface area contributed by atoms with Crippen LogP contribution in [0.1, 0.15) is 37.7 Å². The zero-order valence-electron chi connectivity index (χ0n) is 12.1. The van der Waals surface area contributed by atoms with Crippen molar-refractivity contribution in [2.45, 2.75) is 38.5 Å². The Labute approximate surface area is 121 Å². The van der Waals surface area contributed by atoms with Gasteiger partial charge in [0.25, 0.3) is 0 Å². The number of carbonyl (C=O) groups is 1. The van der Waals surface area contributed by atoms with Crippen molar-refractivity contribution < 1.29 is 4.79 Å². The molecule has 1 atom stereocenters. The number of amides is 1. The first-order valence-corrected chi connectivity index (χ1v) is 7.95. The van der Waals surface area contributed by atoms with Crippen molar-refractivity contribution in [2.24, 2.45) is 5.92 Å². The monoisotopic (exact) mass is 272 g/mol. The van der Waals surface area contributed by atoms with Crippen LogP contribution in [0.4, 0.5) is 5.69 Å². The lowest BCUT2D eigenvalue weighted by atomic mass is 9.92. The van der Waals surface area contributed by atoms with E-state index in [0.29, 0.717) is 5.91 Å². The van der Waals surface area contributed by atoms with Gasteiger partial charge in [0.2, 0.25) is 5.91 Å². The highest BCUT2D eigenvalue weighted by atomic mass is 16.2. The summed E-state index contributed by atoms with van der Waals surface area (Å²) in [5, 5.41) is 3.41. The molecule has 1 saturated heterocycles. The van der Waals surface area contributed by atoms with Crippen molar-refractivity contribution in [2.75, 3.05) is 25.0 Å². The highest BCUT2D eigenvalue weighted by Gasteiger charge is 2.28. The molecule has 0 saturated carbocycles. The Morgan fingerprint density at radius 3 is 2.55 bits per heavy atom. The average Bonchev–Trinajstić information content (AvgIpc) is 2.46. The third kappa shape index (κ3) is 2.97. The second-order valence-corrected chi connectivity index (χ2v) is 6.03. The van der Waals surface area contributed by atoms with Crippen LogP contribution in [-0.2, 0) is 11.2 Å². The predicted octanol–water partition coefficient (Wildman–Crippen LogP) is 3.06. The number of rotatable bonds is 1. The van der Waals surface area contributed by atoms with Gasteiger partial charge in [0.1, 0.15) is 0 Å². The number of benzene rings is 1. The van der Waals surface area contributed by atoms with Crippen LogP contribution >= 0.6 is 0 Å². The van der Waals surface area contributed by atoms with Crippen LogP contribution in [0.3, 0.4) is 0 Å². The predicted molar refractivity (Wildman–Crippen MR) is 81.8 cm³/mol. The zero-order valence-corrected chi connectivity index (χ0v) is 12.1. The summed E-state index contributed by atoms with van der Waals surface area (Å²) in [6, 6.07) is 8.34. The van der Waals surface area contributed by atoms with Crippen LogP contribution in [-0.4, -0.2) is 30.4 Å². The molecule has 1 fully saturated rings. The van der Waals surface area contributed by atoms with Gasteiger partial charge in [0.05, 0.1) is 5.92 Å². The maximum Gasteiger partial charge on any atom is 0.227 e. The van der Waals surface area contributed by atoms with Crippen molar-refractivity contribution in [3.05, 3.63) is 29.8 Å². The highest BCUT2D eigenvalue weighted by molar-refractivity contribution is 5.81. The average molecular weight is 272 g/mol. The largest absolute Gasteiger partial charge is 0.384 e. The minimum atomic E-state index is 0.115. The standard InChI is InChI=1S/C17H24N2O/c20-17(19-10-6-2-1-3-7-11-19)15-12-14-8-4-5-9-16(14)18-13-15/h4-5,8-9,15,18H,1-3,6-7,10-13H2. The van der Waals surface area contributed by atoms with Crippen LogP contribution in [0, 0.1) is 5.92 Å². The minimum Gasteiger partial charge on any atom is -0.384 e. The molecule has 1 N–H and O–H groups in total. The molecular weight excluding hydrogens is 248 g/mol. The normalized spacial score (nSPS) is 23.2. The fourth-order valence-corrected chi connectivity index (χ4v) is 3.34. The van der Waals surface area contributed by atoms with Gasteiger partial charge in [-0.25, -0.2) is 0 Å². The fourth-order valence-electron chi connectivity index (χ4n) is 3.34. The summed E-state index contributed by atoms with van der Waals surface area (Å²) in [6.07, 6.45) is 7.11. The number of hydrogen-bond donors (Lipinski definition) is 1. The van der Waals surface area contributed by atoms with Crippen LogP contribution in [0.2, 0.25) is 0 Å². The van der Waals surface area contributed by atoms with E-state index in [-0.39, 0.29) is 5.92 Å². The summed E-state index contributed by atoms with van der Waals surface area (Å²) in [5.74, 6) is 0.471. The molecule has 3 nitrogen and oxygen atoms in total. The van der Waals surface area contributed by atoms with Gasteiger partial charge >= 0.3 is 0 Å². The van der Waals surface area contributed by atoms with Crippen LogP contribution in [0.5, 0.6) is 0 Å². The van der Waals surface area contributed by atoms with Crippen molar-refractivity contribution in [1.82, 2.24) is 4.90 Å². The zero-order chi connectivity index (χ0) is 13.8. The van der Waals surface area contributed by atoms with Crippen LogP contribution in [0.25, 0.3) is 0 Å². The molecule has 2 aliphatic heterocycles. The van der Waals surface area contributed by atoms with Crippen molar-refractivity contribution in [3.8, 4) is 0 Å². The van der Waals surface area contributed by atoms with Gasteiger partial charge in [-0.15, -0.1) is 0 Å². The van der Waals surface area contributed by atoms with Crippen molar-refractivity contribution in [1.29, 1.82) is 0 Å². The minimum absolute atomic E-state index is 0.115. The molecule has 3 heteroatoms. The Balaban J connectivity index is 1.65. The second-order valence-electron chi connectivity index (χ2n) is 6.03. The van der Waals surface area contributed by atoms with Crippen molar-refractivity contribution in [3.63, 3.8) is 0 Å². The molecule has 1 amide bonds. The lowest BCUT2D eigenvalue weighted by Gasteiger charge is -2.32. The van der Waals surface area contributed by atoms with Gasteiger partial charge in [-0.05, 0) is 30.9 Å². The Hall–Kier alpha value is -1.51. The molecule has 1 unspecified atom stereocenters. The first-order valence-electron chi connectivity index (χ1n) is 7.95. The topological polar surface area (TPSA) is 32.3 Å². The maximum absolute atomic E-state index is 12.7. The molecule has 0 spiro atoms. The first-order chi connectivity index (χ1) is 9.84. The van der Waals surface area contributed by atoms with E-state index in [1.807, 2.05) is 6.07 Å². The lowest BCUT2D eigenvalue weighted by Crippen LogP contribution is -2.42. The molecule has 0 aliphatic carbocycles. The molecule has 1 aromatic carbocycles. The molecule has 20 heavy (non-hydrogen) atoms. The van der Waals surface area contributed by atoms with Gasteiger partial charge in [-0.1, -0.05) is 37.5 Å². The van der Waals surface area contributed by atoms with E-state index in [2.05, 4.69) is 28.4 Å². The Bertz CT molecular complexity index is 464. The van der Waals surface area contributed by atoms with Gasteiger partial charge in [-0.2, -0.15) is 0 Å². The number of likely N-dealkylation sites (tertiary alicyclic amines) is 1. The lowest BCUT2D eigenvalue weighted by molar-refractivity contribution is -0.135. The third-order valence-corrected chi connectivity index (χ3v) is 4.54. The number of nitrogens with one attached hydrogen (secondary N) is 1. The summed E-state index contributed by atoms with van der Waals surface area (Å²) in [7, 11) is 0. The summed E-state index contributed by atoms with van der Waals surface area (Å²) < 4.78 is 0. The van der Waals surface area contributed by atoms with E-state index in [4.69, 9.17) is 0 Å².